The molecule has 0 aliphatic heterocycles. The number of fused-ring (bicyclic) bond motifs is 1. The molecule has 0 fully saturated rings. The van der Waals surface area contributed by atoms with Gasteiger partial charge in [0.2, 0.25) is 5.89 Å². The van der Waals surface area contributed by atoms with Gasteiger partial charge in [-0.15, -0.1) is 0 Å². The standard InChI is InChI=1S/C16H21N3O2/c1-3-20-10-16(2,17)15-18-14(21-19-15)13-8-11-6-4-5-7-12(11)9-13/h4-7,13H,3,8-10,17H2,1-2H3. The topological polar surface area (TPSA) is 74.2 Å². The molecule has 1 unspecified atom stereocenters. The summed E-state index contributed by atoms with van der Waals surface area (Å²) in [5.41, 5.74) is 8.23. The van der Waals surface area contributed by atoms with E-state index < -0.39 is 5.54 Å². The molecular formula is C16H21N3O2. The van der Waals surface area contributed by atoms with Gasteiger partial charge in [0.25, 0.3) is 0 Å². The molecule has 0 saturated carbocycles. The third-order valence-electron chi connectivity index (χ3n) is 3.96. The van der Waals surface area contributed by atoms with Crippen LogP contribution < -0.4 is 5.73 Å². The Hall–Kier alpha value is -1.72. The maximum Gasteiger partial charge on any atom is 0.230 e. The number of aromatic nitrogens is 2. The third-order valence-corrected chi connectivity index (χ3v) is 3.96. The lowest BCUT2D eigenvalue weighted by Crippen LogP contribution is -2.39. The predicted molar refractivity (Wildman–Crippen MR) is 78.9 cm³/mol. The van der Waals surface area contributed by atoms with Crippen LogP contribution in [-0.2, 0) is 23.1 Å². The Morgan fingerprint density at radius 1 is 1.33 bits per heavy atom. The van der Waals surface area contributed by atoms with Crippen LogP contribution in [0.25, 0.3) is 0 Å². The first-order chi connectivity index (χ1) is 10.1. The van der Waals surface area contributed by atoms with Crippen LogP contribution in [0.15, 0.2) is 28.8 Å². The minimum atomic E-state index is -0.719. The van der Waals surface area contributed by atoms with E-state index in [0.29, 0.717) is 24.9 Å². The van der Waals surface area contributed by atoms with E-state index >= 15 is 0 Å². The van der Waals surface area contributed by atoms with Crippen LogP contribution in [0, 0.1) is 0 Å². The van der Waals surface area contributed by atoms with Gasteiger partial charge < -0.3 is 15.0 Å². The minimum Gasteiger partial charge on any atom is -0.379 e. The fourth-order valence-electron chi connectivity index (χ4n) is 2.75. The summed E-state index contributed by atoms with van der Waals surface area (Å²) in [6.07, 6.45) is 1.90. The van der Waals surface area contributed by atoms with Crippen molar-refractivity contribution in [2.24, 2.45) is 5.73 Å². The highest BCUT2D eigenvalue weighted by Gasteiger charge is 2.32. The first kappa shape index (κ1) is 14.2. The highest BCUT2D eigenvalue weighted by molar-refractivity contribution is 5.34. The van der Waals surface area contributed by atoms with Gasteiger partial charge in [-0.25, -0.2) is 0 Å². The highest BCUT2D eigenvalue weighted by Crippen LogP contribution is 2.33. The van der Waals surface area contributed by atoms with E-state index in [-0.39, 0.29) is 5.92 Å². The summed E-state index contributed by atoms with van der Waals surface area (Å²) >= 11 is 0. The van der Waals surface area contributed by atoms with Crippen molar-refractivity contribution in [3.8, 4) is 0 Å². The SMILES string of the molecule is CCOCC(C)(N)c1noc(C2Cc3ccccc3C2)n1. The lowest BCUT2D eigenvalue weighted by molar-refractivity contribution is 0.0962. The van der Waals surface area contributed by atoms with Crippen LogP contribution >= 0.6 is 0 Å². The number of hydrogen-bond acceptors (Lipinski definition) is 5. The molecule has 112 valence electrons. The summed E-state index contributed by atoms with van der Waals surface area (Å²) in [7, 11) is 0. The molecule has 1 heterocycles. The summed E-state index contributed by atoms with van der Waals surface area (Å²) in [4.78, 5) is 4.52. The summed E-state index contributed by atoms with van der Waals surface area (Å²) in [6, 6.07) is 8.46. The molecule has 1 aromatic carbocycles. The Balaban J connectivity index is 1.75. The van der Waals surface area contributed by atoms with E-state index in [1.165, 1.54) is 11.1 Å². The quantitative estimate of drug-likeness (QED) is 0.912. The van der Waals surface area contributed by atoms with Crippen LogP contribution in [0.2, 0.25) is 0 Å². The van der Waals surface area contributed by atoms with Crippen molar-refractivity contribution in [3.05, 3.63) is 47.1 Å². The van der Waals surface area contributed by atoms with Gasteiger partial charge in [-0.05, 0) is 37.8 Å². The zero-order chi connectivity index (χ0) is 14.9. The lowest BCUT2D eigenvalue weighted by atomic mass is 10.0. The zero-order valence-electron chi connectivity index (χ0n) is 12.5. The second kappa shape index (κ2) is 5.58. The van der Waals surface area contributed by atoms with E-state index in [1.807, 2.05) is 13.8 Å². The van der Waals surface area contributed by atoms with Crippen LogP contribution in [-0.4, -0.2) is 23.4 Å². The molecule has 0 amide bonds. The Morgan fingerprint density at radius 3 is 2.62 bits per heavy atom. The van der Waals surface area contributed by atoms with Gasteiger partial charge in [0.05, 0.1) is 6.61 Å². The van der Waals surface area contributed by atoms with E-state index in [1.54, 1.807) is 0 Å². The molecule has 0 radical (unpaired) electrons. The monoisotopic (exact) mass is 287 g/mol. The normalized spacial score (nSPS) is 17.7. The third kappa shape index (κ3) is 2.84. The van der Waals surface area contributed by atoms with E-state index in [4.69, 9.17) is 15.0 Å². The van der Waals surface area contributed by atoms with E-state index in [0.717, 1.165) is 12.8 Å². The van der Waals surface area contributed by atoms with Gasteiger partial charge in [-0.3, -0.25) is 0 Å². The average Bonchev–Trinajstić information content (AvgIpc) is 3.11. The van der Waals surface area contributed by atoms with Crippen molar-refractivity contribution in [3.63, 3.8) is 0 Å². The molecule has 0 bridgehead atoms. The van der Waals surface area contributed by atoms with Crippen molar-refractivity contribution in [2.75, 3.05) is 13.2 Å². The van der Waals surface area contributed by atoms with Crippen molar-refractivity contribution in [1.29, 1.82) is 0 Å². The molecule has 0 spiro atoms. The molecule has 1 atom stereocenters. The molecule has 5 nitrogen and oxygen atoms in total. The Labute approximate surface area is 124 Å². The molecule has 3 rings (SSSR count). The molecule has 1 aromatic heterocycles. The molecule has 0 saturated heterocycles. The van der Waals surface area contributed by atoms with Crippen LogP contribution in [0.5, 0.6) is 0 Å². The Morgan fingerprint density at radius 2 is 2.00 bits per heavy atom. The molecule has 2 aromatic rings. The number of nitrogens with zero attached hydrogens (tertiary/aromatic N) is 2. The lowest BCUT2D eigenvalue weighted by Gasteiger charge is -2.19. The van der Waals surface area contributed by atoms with Crippen LogP contribution in [0.1, 0.15) is 42.6 Å². The van der Waals surface area contributed by atoms with Gasteiger partial charge >= 0.3 is 0 Å². The van der Waals surface area contributed by atoms with Gasteiger partial charge in [0.1, 0.15) is 5.54 Å². The van der Waals surface area contributed by atoms with Crippen molar-refractivity contribution >= 4 is 0 Å². The summed E-state index contributed by atoms with van der Waals surface area (Å²) in [5, 5.41) is 4.06. The Kier molecular flexibility index (Phi) is 3.78. The maximum absolute atomic E-state index is 6.21. The second-order valence-electron chi connectivity index (χ2n) is 5.88. The Bertz CT molecular complexity index is 596. The van der Waals surface area contributed by atoms with Crippen molar-refractivity contribution in [1.82, 2.24) is 10.1 Å². The van der Waals surface area contributed by atoms with Crippen LogP contribution in [0.3, 0.4) is 0 Å². The zero-order valence-corrected chi connectivity index (χ0v) is 12.5. The molecule has 21 heavy (non-hydrogen) atoms. The molecule has 1 aliphatic carbocycles. The molecular weight excluding hydrogens is 266 g/mol. The largest absolute Gasteiger partial charge is 0.379 e. The van der Waals surface area contributed by atoms with Crippen LogP contribution in [0.4, 0.5) is 0 Å². The van der Waals surface area contributed by atoms with E-state index in [9.17, 15) is 0 Å². The van der Waals surface area contributed by atoms with Gasteiger partial charge in [0, 0.05) is 12.5 Å². The number of ether oxygens (including phenoxy) is 1. The minimum absolute atomic E-state index is 0.256. The average molecular weight is 287 g/mol. The molecule has 2 N–H and O–H groups in total. The maximum atomic E-state index is 6.21. The summed E-state index contributed by atoms with van der Waals surface area (Å²) in [5.74, 6) is 1.45. The predicted octanol–water partition coefficient (Wildman–Crippen LogP) is 2.16. The smallest absolute Gasteiger partial charge is 0.230 e. The summed E-state index contributed by atoms with van der Waals surface area (Å²) in [6.45, 7) is 4.80. The van der Waals surface area contributed by atoms with Gasteiger partial charge in [0.15, 0.2) is 5.82 Å². The van der Waals surface area contributed by atoms with Gasteiger partial charge in [-0.1, -0.05) is 29.4 Å². The number of hydrogen-bond donors (Lipinski definition) is 1. The summed E-state index contributed by atoms with van der Waals surface area (Å²) < 4.78 is 10.8. The molecule has 1 aliphatic rings. The van der Waals surface area contributed by atoms with Crippen molar-refractivity contribution in [2.45, 2.75) is 38.1 Å². The highest BCUT2D eigenvalue weighted by atomic mass is 16.5. The fraction of sp³-hybridized carbons (Fsp3) is 0.500. The van der Waals surface area contributed by atoms with E-state index in [2.05, 4.69) is 34.4 Å². The first-order valence-electron chi connectivity index (χ1n) is 7.37. The number of nitrogens with two attached hydrogens (primary N) is 1. The number of rotatable bonds is 5. The molecule has 5 heteroatoms. The second-order valence-corrected chi connectivity index (χ2v) is 5.88. The van der Waals surface area contributed by atoms with Crippen molar-refractivity contribution < 1.29 is 9.26 Å². The van der Waals surface area contributed by atoms with Gasteiger partial charge in [-0.2, -0.15) is 4.98 Å². The first-order valence-corrected chi connectivity index (χ1v) is 7.37. The fourth-order valence-corrected chi connectivity index (χ4v) is 2.75. The number of benzene rings is 1.